The topological polar surface area (TPSA) is 101 Å². The number of furan rings is 1. The van der Waals surface area contributed by atoms with E-state index in [-0.39, 0.29) is 30.4 Å². The molecular weight excluding hydrogens is 252 g/mol. The molecule has 2 heterocycles. The maximum Gasteiger partial charge on any atom is 0.371 e. The van der Waals surface area contributed by atoms with Crippen LogP contribution in [0, 0.1) is 0 Å². The molecule has 0 spiro atoms. The number of ether oxygens (including phenoxy) is 1. The van der Waals surface area contributed by atoms with Gasteiger partial charge in [0.1, 0.15) is 12.4 Å². The van der Waals surface area contributed by atoms with Gasteiger partial charge in [-0.3, -0.25) is 4.79 Å². The van der Waals surface area contributed by atoms with Gasteiger partial charge in [-0.2, -0.15) is 0 Å². The number of aromatic carboxylic acids is 1. The van der Waals surface area contributed by atoms with E-state index in [1.165, 1.54) is 12.1 Å². The van der Waals surface area contributed by atoms with E-state index in [1.807, 2.05) is 6.92 Å². The first kappa shape index (κ1) is 13.6. The molecule has 1 fully saturated rings. The summed E-state index contributed by atoms with van der Waals surface area (Å²) in [5.74, 6) is -1.15. The van der Waals surface area contributed by atoms with Crippen molar-refractivity contribution in [1.82, 2.24) is 10.6 Å². The Bertz CT molecular complexity index is 478. The first-order valence-electron chi connectivity index (χ1n) is 5.92. The minimum absolute atomic E-state index is 0.0231. The SMILES string of the molecule is CC1(OCC(=O)NCc2ccc(C(=O)O)o2)CNC1. The van der Waals surface area contributed by atoms with Gasteiger partial charge in [-0.15, -0.1) is 0 Å². The summed E-state index contributed by atoms with van der Waals surface area (Å²) in [4.78, 5) is 22.1. The van der Waals surface area contributed by atoms with E-state index in [4.69, 9.17) is 14.3 Å². The summed E-state index contributed by atoms with van der Waals surface area (Å²) in [6, 6.07) is 2.86. The molecule has 7 heteroatoms. The highest BCUT2D eigenvalue weighted by Gasteiger charge is 2.32. The lowest BCUT2D eigenvalue weighted by Gasteiger charge is -2.38. The molecule has 7 nitrogen and oxygen atoms in total. The lowest BCUT2D eigenvalue weighted by atomic mass is 10.0. The van der Waals surface area contributed by atoms with Crippen LogP contribution in [0.2, 0.25) is 0 Å². The molecule has 1 aromatic rings. The fraction of sp³-hybridized carbons (Fsp3) is 0.500. The zero-order valence-electron chi connectivity index (χ0n) is 10.6. The number of carbonyl (C=O) groups is 2. The molecule has 0 aromatic carbocycles. The van der Waals surface area contributed by atoms with Crippen molar-refractivity contribution in [3.05, 3.63) is 23.7 Å². The fourth-order valence-corrected chi connectivity index (χ4v) is 1.64. The molecule has 19 heavy (non-hydrogen) atoms. The summed E-state index contributed by atoms with van der Waals surface area (Å²) >= 11 is 0. The molecule has 3 N–H and O–H groups in total. The van der Waals surface area contributed by atoms with E-state index in [0.29, 0.717) is 5.76 Å². The molecule has 1 saturated heterocycles. The zero-order chi connectivity index (χ0) is 13.9. The molecule has 1 amide bonds. The Morgan fingerprint density at radius 2 is 2.26 bits per heavy atom. The third kappa shape index (κ3) is 3.55. The van der Waals surface area contributed by atoms with Gasteiger partial charge >= 0.3 is 5.97 Å². The van der Waals surface area contributed by atoms with Crippen LogP contribution in [-0.4, -0.2) is 42.3 Å². The van der Waals surface area contributed by atoms with Gasteiger partial charge in [0.05, 0.1) is 12.1 Å². The van der Waals surface area contributed by atoms with Gasteiger partial charge in [0.25, 0.3) is 0 Å². The number of hydrogen-bond acceptors (Lipinski definition) is 5. The van der Waals surface area contributed by atoms with Gasteiger partial charge in [-0.25, -0.2) is 4.79 Å². The monoisotopic (exact) mass is 268 g/mol. The van der Waals surface area contributed by atoms with Crippen molar-refractivity contribution < 1.29 is 23.8 Å². The van der Waals surface area contributed by atoms with Gasteiger partial charge in [0.2, 0.25) is 11.7 Å². The van der Waals surface area contributed by atoms with Gasteiger partial charge in [-0.05, 0) is 19.1 Å². The molecule has 0 saturated carbocycles. The third-order valence-corrected chi connectivity index (χ3v) is 2.88. The summed E-state index contributed by atoms with van der Waals surface area (Å²) in [6.07, 6.45) is 0. The van der Waals surface area contributed by atoms with Crippen LogP contribution >= 0.6 is 0 Å². The summed E-state index contributed by atoms with van der Waals surface area (Å²) < 4.78 is 10.5. The quantitative estimate of drug-likeness (QED) is 0.670. The van der Waals surface area contributed by atoms with Gasteiger partial charge in [0.15, 0.2) is 0 Å². The van der Waals surface area contributed by atoms with E-state index in [2.05, 4.69) is 10.6 Å². The standard InChI is InChI=1S/C12H16N2O5/c1-12(6-13-7-12)18-5-10(15)14-4-8-2-3-9(19-8)11(16)17/h2-3,13H,4-7H2,1H3,(H,14,15)(H,16,17). The van der Waals surface area contributed by atoms with Crippen LogP contribution in [0.5, 0.6) is 0 Å². The number of carbonyl (C=O) groups excluding carboxylic acids is 1. The molecule has 0 bridgehead atoms. The Morgan fingerprint density at radius 3 is 2.79 bits per heavy atom. The number of carboxylic acids is 1. The zero-order valence-corrected chi connectivity index (χ0v) is 10.6. The largest absolute Gasteiger partial charge is 0.475 e. The highest BCUT2D eigenvalue weighted by molar-refractivity contribution is 5.84. The predicted octanol–water partition coefficient (Wildman–Crippen LogP) is -0.0275. The van der Waals surface area contributed by atoms with Crippen molar-refractivity contribution in [3.63, 3.8) is 0 Å². The second-order valence-electron chi connectivity index (χ2n) is 4.69. The van der Waals surface area contributed by atoms with Crippen LogP contribution < -0.4 is 10.6 Å². The predicted molar refractivity (Wildman–Crippen MR) is 64.7 cm³/mol. The number of carboxylic acid groups (broad SMARTS) is 1. The third-order valence-electron chi connectivity index (χ3n) is 2.88. The van der Waals surface area contributed by atoms with Crippen molar-refractivity contribution in [1.29, 1.82) is 0 Å². The van der Waals surface area contributed by atoms with Crippen LogP contribution in [0.1, 0.15) is 23.2 Å². The molecule has 0 atom stereocenters. The summed E-state index contributed by atoms with van der Waals surface area (Å²) in [7, 11) is 0. The average molecular weight is 268 g/mol. The second kappa shape index (κ2) is 5.41. The van der Waals surface area contributed by atoms with E-state index in [0.717, 1.165) is 13.1 Å². The van der Waals surface area contributed by atoms with Crippen molar-refractivity contribution in [2.24, 2.45) is 0 Å². The molecule has 1 aliphatic rings. The Hall–Kier alpha value is -1.86. The lowest BCUT2D eigenvalue weighted by molar-refractivity contribution is -0.136. The highest BCUT2D eigenvalue weighted by Crippen LogP contribution is 2.14. The van der Waals surface area contributed by atoms with Crippen LogP contribution in [0.15, 0.2) is 16.5 Å². The first-order valence-corrected chi connectivity index (χ1v) is 5.92. The van der Waals surface area contributed by atoms with Crippen LogP contribution in [0.25, 0.3) is 0 Å². The normalized spacial score (nSPS) is 16.7. The number of amides is 1. The molecule has 0 aliphatic carbocycles. The van der Waals surface area contributed by atoms with Gasteiger partial charge in [-0.1, -0.05) is 0 Å². The van der Waals surface area contributed by atoms with Crippen molar-refractivity contribution >= 4 is 11.9 Å². The minimum atomic E-state index is -1.13. The first-order chi connectivity index (χ1) is 8.98. The molecule has 0 unspecified atom stereocenters. The molecule has 104 valence electrons. The molecule has 1 aliphatic heterocycles. The number of rotatable bonds is 6. The van der Waals surface area contributed by atoms with E-state index in [9.17, 15) is 9.59 Å². The second-order valence-corrected chi connectivity index (χ2v) is 4.69. The Morgan fingerprint density at radius 1 is 1.53 bits per heavy atom. The molecular formula is C12H16N2O5. The van der Waals surface area contributed by atoms with Crippen molar-refractivity contribution in [3.8, 4) is 0 Å². The van der Waals surface area contributed by atoms with Crippen LogP contribution in [-0.2, 0) is 16.1 Å². The Balaban J connectivity index is 1.72. The van der Waals surface area contributed by atoms with E-state index < -0.39 is 5.97 Å². The number of hydrogen-bond donors (Lipinski definition) is 3. The maximum absolute atomic E-state index is 11.5. The molecule has 0 radical (unpaired) electrons. The molecule has 2 rings (SSSR count). The summed E-state index contributed by atoms with van der Waals surface area (Å²) in [6.45, 7) is 3.53. The Kier molecular flexibility index (Phi) is 3.87. The van der Waals surface area contributed by atoms with Gasteiger partial charge < -0.3 is 24.9 Å². The number of nitrogens with one attached hydrogen (secondary N) is 2. The Labute approximate surface area is 109 Å². The minimum Gasteiger partial charge on any atom is -0.475 e. The smallest absolute Gasteiger partial charge is 0.371 e. The van der Waals surface area contributed by atoms with Crippen LogP contribution in [0.4, 0.5) is 0 Å². The summed E-state index contributed by atoms with van der Waals surface area (Å²) in [5, 5.41) is 14.3. The lowest BCUT2D eigenvalue weighted by Crippen LogP contribution is -2.59. The van der Waals surface area contributed by atoms with E-state index in [1.54, 1.807) is 0 Å². The maximum atomic E-state index is 11.5. The van der Waals surface area contributed by atoms with Gasteiger partial charge in [0, 0.05) is 13.1 Å². The van der Waals surface area contributed by atoms with Crippen LogP contribution in [0.3, 0.4) is 0 Å². The van der Waals surface area contributed by atoms with Crippen molar-refractivity contribution in [2.45, 2.75) is 19.1 Å². The highest BCUT2D eigenvalue weighted by atomic mass is 16.5. The average Bonchev–Trinajstić information content (AvgIpc) is 2.80. The van der Waals surface area contributed by atoms with Crippen molar-refractivity contribution in [2.75, 3.05) is 19.7 Å². The van der Waals surface area contributed by atoms with E-state index >= 15 is 0 Å². The molecule has 1 aromatic heterocycles. The summed E-state index contributed by atoms with van der Waals surface area (Å²) in [5.41, 5.74) is -0.265. The fourth-order valence-electron chi connectivity index (χ4n) is 1.64.